The number of Topliss-reactive ketones (excluding diaryl/α,β-unsaturated/α-hetero) is 1. The SMILES string of the molecule is CC(=O)c1ccccc1NC(=O)[C@@H]1CCCN1C(=O)[C@H](C(C)C)N(C)C(=O)[C@@H](NC(=O)[C@H](C(C)C)N(C)C)C(C)C. The van der Waals surface area contributed by atoms with Crippen molar-refractivity contribution in [3.63, 3.8) is 0 Å². The Morgan fingerprint density at radius 2 is 1.46 bits per heavy atom. The average molecular weight is 572 g/mol. The molecule has 228 valence electrons. The number of hydrogen-bond acceptors (Lipinski definition) is 6. The van der Waals surface area contributed by atoms with Gasteiger partial charge in [0, 0.05) is 19.2 Å². The molecule has 0 bridgehead atoms. The monoisotopic (exact) mass is 571 g/mol. The Labute approximate surface area is 245 Å². The number of carbonyl (C=O) groups excluding carboxylic acids is 5. The lowest BCUT2D eigenvalue weighted by molar-refractivity contribution is -0.150. The topological polar surface area (TPSA) is 119 Å². The van der Waals surface area contributed by atoms with E-state index in [9.17, 15) is 24.0 Å². The van der Waals surface area contributed by atoms with E-state index < -0.39 is 24.2 Å². The van der Waals surface area contributed by atoms with Gasteiger partial charge in [-0.3, -0.25) is 28.9 Å². The number of amides is 4. The van der Waals surface area contributed by atoms with Gasteiger partial charge in [-0.1, -0.05) is 53.7 Å². The van der Waals surface area contributed by atoms with Gasteiger partial charge in [0.15, 0.2) is 5.78 Å². The predicted molar refractivity (Wildman–Crippen MR) is 160 cm³/mol. The van der Waals surface area contributed by atoms with Crippen LogP contribution in [0.3, 0.4) is 0 Å². The average Bonchev–Trinajstić information content (AvgIpc) is 3.36. The molecule has 1 aliphatic rings. The van der Waals surface area contributed by atoms with Crippen LogP contribution in [0.1, 0.15) is 71.7 Å². The molecule has 1 fully saturated rings. The largest absolute Gasteiger partial charge is 0.343 e. The summed E-state index contributed by atoms with van der Waals surface area (Å²) in [6.07, 6.45) is 1.13. The number of likely N-dealkylation sites (tertiary alicyclic amines) is 1. The van der Waals surface area contributed by atoms with E-state index in [1.807, 2.05) is 60.5 Å². The lowest BCUT2D eigenvalue weighted by Gasteiger charge is -2.38. The molecule has 0 radical (unpaired) electrons. The van der Waals surface area contributed by atoms with Crippen LogP contribution in [0.15, 0.2) is 24.3 Å². The highest BCUT2D eigenvalue weighted by Crippen LogP contribution is 2.25. The summed E-state index contributed by atoms with van der Waals surface area (Å²) in [4.78, 5) is 71.2. The van der Waals surface area contributed by atoms with Gasteiger partial charge in [0.25, 0.3) is 0 Å². The molecule has 4 amide bonds. The normalized spacial score (nSPS) is 17.5. The van der Waals surface area contributed by atoms with E-state index in [0.717, 1.165) is 0 Å². The lowest BCUT2D eigenvalue weighted by Crippen LogP contribution is -2.60. The van der Waals surface area contributed by atoms with Crippen LogP contribution in [0.25, 0.3) is 0 Å². The highest BCUT2D eigenvalue weighted by molar-refractivity contribution is 6.05. The van der Waals surface area contributed by atoms with Gasteiger partial charge in [-0.05, 0) is 63.7 Å². The van der Waals surface area contributed by atoms with Crippen LogP contribution in [0.4, 0.5) is 5.69 Å². The number of benzene rings is 1. The van der Waals surface area contributed by atoms with Gasteiger partial charge in [-0.15, -0.1) is 0 Å². The number of rotatable bonds is 12. The van der Waals surface area contributed by atoms with Crippen molar-refractivity contribution in [2.75, 3.05) is 33.0 Å². The second-order valence-electron chi connectivity index (χ2n) is 12.3. The first-order valence-electron chi connectivity index (χ1n) is 14.5. The molecular formula is C31H49N5O5. The molecule has 4 atom stereocenters. The molecule has 10 heteroatoms. The zero-order chi connectivity index (χ0) is 31.2. The first kappa shape index (κ1) is 33.9. The van der Waals surface area contributed by atoms with Crippen LogP contribution in [-0.4, -0.2) is 96.0 Å². The van der Waals surface area contributed by atoms with Crippen molar-refractivity contribution in [1.29, 1.82) is 0 Å². The van der Waals surface area contributed by atoms with Crippen molar-refractivity contribution in [3.05, 3.63) is 29.8 Å². The molecule has 1 saturated heterocycles. The summed E-state index contributed by atoms with van der Waals surface area (Å²) in [6, 6.07) is 4.01. The van der Waals surface area contributed by atoms with Gasteiger partial charge in [-0.25, -0.2) is 0 Å². The molecule has 0 spiro atoms. The molecule has 0 unspecified atom stereocenters. The summed E-state index contributed by atoms with van der Waals surface area (Å²) in [5, 5.41) is 5.78. The van der Waals surface area contributed by atoms with Gasteiger partial charge < -0.3 is 20.4 Å². The quantitative estimate of drug-likeness (QED) is 0.372. The number of nitrogens with one attached hydrogen (secondary N) is 2. The number of likely N-dealkylation sites (N-methyl/N-ethyl adjacent to an activating group) is 2. The molecule has 41 heavy (non-hydrogen) atoms. The first-order valence-corrected chi connectivity index (χ1v) is 14.5. The smallest absolute Gasteiger partial charge is 0.247 e. The van der Waals surface area contributed by atoms with Crippen molar-refractivity contribution in [2.24, 2.45) is 17.8 Å². The Kier molecular flexibility index (Phi) is 12.1. The van der Waals surface area contributed by atoms with Gasteiger partial charge in [-0.2, -0.15) is 0 Å². The zero-order valence-corrected chi connectivity index (χ0v) is 26.4. The van der Waals surface area contributed by atoms with E-state index in [1.165, 1.54) is 11.8 Å². The van der Waals surface area contributed by atoms with Crippen LogP contribution >= 0.6 is 0 Å². The van der Waals surface area contributed by atoms with Crippen LogP contribution in [-0.2, 0) is 19.2 Å². The summed E-state index contributed by atoms with van der Waals surface area (Å²) >= 11 is 0. The van der Waals surface area contributed by atoms with Gasteiger partial charge in [0.05, 0.1) is 11.7 Å². The summed E-state index contributed by atoms with van der Waals surface area (Å²) in [5.74, 6) is -1.84. The summed E-state index contributed by atoms with van der Waals surface area (Å²) in [7, 11) is 5.25. The van der Waals surface area contributed by atoms with Crippen LogP contribution < -0.4 is 10.6 Å². The molecule has 0 saturated carbocycles. The molecular weight excluding hydrogens is 522 g/mol. The minimum Gasteiger partial charge on any atom is -0.343 e. The molecule has 2 rings (SSSR count). The third-order valence-corrected chi connectivity index (χ3v) is 7.74. The molecule has 2 N–H and O–H groups in total. The Morgan fingerprint density at radius 1 is 0.878 bits per heavy atom. The fourth-order valence-corrected chi connectivity index (χ4v) is 5.73. The highest BCUT2D eigenvalue weighted by Gasteiger charge is 2.42. The standard InChI is InChI=1S/C31H49N5O5/c1-18(2)25(33-29(39)26(19(3)4)34(8)9)30(40)35(10)27(20(5)6)31(41)36-17-13-16-24(36)28(38)32-23-15-12-11-14-22(23)21(7)37/h11-12,14-15,18-20,24-27H,13,16-17H2,1-10H3,(H,32,38)(H,33,39)/t24-,25-,26-,27-/m0/s1. The molecule has 10 nitrogen and oxygen atoms in total. The molecule has 0 aliphatic carbocycles. The maximum atomic E-state index is 14.0. The minimum atomic E-state index is -0.826. The second kappa shape index (κ2) is 14.6. The van der Waals surface area contributed by atoms with E-state index >= 15 is 0 Å². The van der Waals surface area contributed by atoms with Gasteiger partial charge in [0.2, 0.25) is 23.6 Å². The Bertz CT molecular complexity index is 1110. The minimum absolute atomic E-state index is 0.0382. The number of hydrogen-bond donors (Lipinski definition) is 2. The van der Waals surface area contributed by atoms with Gasteiger partial charge >= 0.3 is 0 Å². The van der Waals surface area contributed by atoms with Crippen LogP contribution in [0.5, 0.6) is 0 Å². The van der Waals surface area contributed by atoms with E-state index in [4.69, 9.17) is 0 Å². The number of nitrogens with zero attached hydrogens (tertiary/aromatic N) is 3. The van der Waals surface area contributed by atoms with Gasteiger partial charge in [0.1, 0.15) is 18.1 Å². The Morgan fingerprint density at radius 3 is 1.98 bits per heavy atom. The fourth-order valence-electron chi connectivity index (χ4n) is 5.73. The fraction of sp³-hybridized carbons (Fsp3) is 0.645. The summed E-state index contributed by atoms with van der Waals surface area (Å²) in [6.45, 7) is 13.2. The third-order valence-electron chi connectivity index (χ3n) is 7.74. The number of anilines is 1. The van der Waals surface area contributed by atoms with Crippen molar-refractivity contribution in [1.82, 2.24) is 20.0 Å². The van der Waals surface area contributed by atoms with Crippen LogP contribution in [0, 0.1) is 17.8 Å². The first-order chi connectivity index (χ1) is 19.1. The van der Waals surface area contributed by atoms with E-state index in [2.05, 4.69) is 10.6 Å². The number of ketones is 1. The second-order valence-corrected chi connectivity index (χ2v) is 12.3. The highest BCUT2D eigenvalue weighted by atomic mass is 16.2. The predicted octanol–water partition coefficient (Wildman–Crippen LogP) is 3.03. The molecule has 1 aromatic rings. The number of para-hydroxylation sites is 1. The van der Waals surface area contributed by atoms with E-state index in [1.54, 1.807) is 36.2 Å². The summed E-state index contributed by atoms with van der Waals surface area (Å²) < 4.78 is 0. The molecule has 1 aromatic carbocycles. The van der Waals surface area contributed by atoms with E-state index in [-0.39, 0.29) is 47.2 Å². The Balaban J connectivity index is 2.28. The zero-order valence-electron chi connectivity index (χ0n) is 26.4. The molecule has 1 heterocycles. The third kappa shape index (κ3) is 8.15. The van der Waals surface area contributed by atoms with Crippen molar-refractivity contribution in [3.8, 4) is 0 Å². The van der Waals surface area contributed by atoms with Crippen molar-refractivity contribution in [2.45, 2.75) is 85.5 Å². The lowest BCUT2D eigenvalue weighted by atomic mass is 9.96. The number of carbonyl (C=O) groups is 5. The van der Waals surface area contributed by atoms with Crippen molar-refractivity contribution >= 4 is 35.1 Å². The molecule has 0 aromatic heterocycles. The maximum absolute atomic E-state index is 14.0. The Hall–Kier alpha value is -3.27. The molecule has 1 aliphatic heterocycles. The van der Waals surface area contributed by atoms with E-state index in [0.29, 0.717) is 30.6 Å². The maximum Gasteiger partial charge on any atom is 0.247 e. The van der Waals surface area contributed by atoms with Crippen molar-refractivity contribution < 1.29 is 24.0 Å². The summed E-state index contributed by atoms with van der Waals surface area (Å²) in [5.41, 5.74) is 0.808. The van der Waals surface area contributed by atoms with Crippen LogP contribution in [0.2, 0.25) is 0 Å².